The lowest BCUT2D eigenvalue weighted by atomic mass is 9.65. The largest absolute Gasteiger partial charge is 0.309 e. The van der Waals surface area contributed by atoms with Crippen molar-refractivity contribution in [3.63, 3.8) is 0 Å². The van der Waals surface area contributed by atoms with Crippen molar-refractivity contribution in [2.75, 3.05) is 0 Å². The van der Waals surface area contributed by atoms with Gasteiger partial charge in [-0.05, 0) is 77.1 Å². The summed E-state index contributed by atoms with van der Waals surface area (Å²) in [5.41, 5.74) is 15.0. The molecule has 0 saturated heterocycles. The van der Waals surface area contributed by atoms with Crippen molar-refractivity contribution in [1.29, 1.82) is 0 Å². The highest BCUT2D eigenvalue weighted by Crippen LogP contribution is 2.61. The van der Waals surface area contributed by atoms with E-state index < -0.39 is 5.41 Å². The zero-order chi connectivity index (χ0) is 32.0. The molecule has 0 N–H and O–H groups in total. The Balaban J connectivity index is 1.29. The minimum absolute atomic E-state index is 0.468. The molecule has 2 aliphatic rings. The van der Waals surface area contributed by atoms with E-state index >= 15 is 0 Å². The molecule has 3 heterocycles. The maximum absolute atomic E-state index is 5.23. The minimum Gasteiger partial charge on any atom is -0.309 e. The smallest absolute Gasteiger partial charge is 0.160 e. The van der Waals surface area contributed by atoms with E-state index in [4.69, 9.17) is 9.97 Å². The first-order chi connectivity index (χ1) is 23.7. The first-order valence-electron chi connectivity index (χ1n) is 16.7. The molecule has 0 fully saturated rings. The van der Waals surface area contributed by atoms with Crippen LogP contribution in [0.15, 0.2) is 152 Å². The molecule has 10 rings (SSSR count). The van der Waals surface area contributed by atoms with E-state index in [0.29, 0.717) is 0 Å². The number of hydrogen-bond donors (Lipinski definition) is 0. The van der Waals surface area contributed by atoms with Crippen molar-refractivity contribution >= 4 is 38.3 Å². The molecule has 1 unspecified atom stereocenters. The number of aromatic nitrogens is 3. The van der Waals surface area contributed by atoms with Gasteiger partial charge in [0.2, 0.25) is 0 Å². The average Bonchev–Trinajstić information content (AvgIpc) is 3.64. The van der Waals surface area contributed by atoms with Crippen LogP contribution in [0.4, 0.5) is 0 Å². The minimum atomic E-state index is -0.468. The Morgan fingerprint density at radius 3 is 2.19 bits per heavy atom. The van der Waals surface area contributed by atoms with Gasteiger partial charge in [0.1, 0.15) is 0 Å². The lowest BCUT2D eigenvalue weighted by molar-refractivity contribution is 0.748. The fourth-order valence-corrected chi connectivity index (χ4v) is 8.62. The number of allylic oxidation sites excluding steroid dienone is 4. The number of hydrogen-bond acceptors (Lipinski definition) is 2. The lowest BCUT2D eigenvalue weighted by Gasteiger charge is -2.39. The van der Waals surface area contributed by atoms with Crippen molar-refractivity contribution in [2.24, 2.45) is 0 Å². The summed E-state index contributed by atoms with van der Waals surface area (Å²) < 4.78 is 2.49. The average molecular weight is 614 g/mol. The molecule has 1 aliphatic carbocycles. The summed E-state index contributed by atoms with van der Waals surface area (Å²) in [6, 6.07) is 48.9. The molecule has 3 heteroatoms. The van der Waals surface area contributed by atoms with Gasteiger partial charge in [0, 0.05) is 21.7 Å². The van der Waals surface area contributed by atoms with Crippen molar-refractivity contribution in [3.05, 3.63) is 180 Å². The Kier molecular flexibility index (Phi) is 5.63. The normalized spacial score (nSPS) is 16.2. The summed E-state index contributed by atoms with van der Waals surface area (Å²) >= 11 is 0. The Morgan fingerprint density at radius 1 is 0.604 bits per heavy atom. The summed E-state index contributed by atoms with van der Waals surface area (Å²) in [7, 11) is 0. The van der Waals surface area contributed by atoms with Gasteiger partial charge in [-0.1, -0.05) is 127 Å². The molecule has 6 aromatic carbocycles. The quantitative estimate of drug-likeness (QED) is 0.186. The van der Waals surface area contributed by atoms with Crippen LogP contribution in [-0.4, -0.2) is 14.5 Å². The second-order valence-corrected chi connectivity index (χ2v) is 12.8. The molecule has 8 aromatic rings. The molecule has 0 bridgehead atoms. The third-order valence-corrected chi connectivity index (χ3v) is 10.5. The van der Waals surface area contributed by atoms with Crippen molar-refractivity contribution < 1.29 is 0 Å². The monoisotopic (exact) mass is 613 g/mol. The third-order valence-electron chi connectivity index (χ3n) is 10.5. The van der Waals surface area contributed by atoms with Gasteiger partial charge in [-0.15, -0.1) is 0 Å². The summed E-state index contributed by atoms with van der Waals surface area (Å²) in [5.74, 6) is 0.736. The second-order valence-electron chi connectivity index (χ2n) is 12.8. The maximum Gasteiger partial charge on any atom is 0.160 e. The number of rotatable bonds is 3. The van der Waals surface area contributed by atoms with Gasteiger partial charge in [0.25, 0.3) is 0 Å². The van der Waals surface area contributed by atoms with Crippen LogP contribution in [0.3, 0.4) is 0 Å². The van der Waals surface area contributed by atoms with Crippen LogP contribution in [0.1, 0.15) is 41.8 Å². The zero-order valence-corrected chi connectivity index (χ0v) is 26.8. The first-order valence-corrected chi connectivity index (χ1v) is 16.7. The van der Waals surface area contributed by atoms with Crippen LogP contribution in [0.2, 0.25) is 0 Å². The Morgan fingerprint density at radius 2 is 1.31 bits per heavy atom. The second kappa shape index (κ2) is 9.97. The highest BCUT2D eigenvalue weighted by molar-refractivity contribution is 6.13. The number of fused-ring (bicyclic) bond motifs is 13. The van der Waals surface area contributed by atoms with E-state index in [-0.39, 0.29) is 0 Å². The number of nitrogens with zero attached hydrogens (tertiary/aromatic N) is 3. The molecular weight excluding hydrogens is 583 g/mol. The van der Waals surface area contributed by atoms with E-state index in [0.717, 1.165) is 33.6 Å². The standard InChI is InChI=1S/C45H31N3/c1-3-14-28(4-2)42-33-17-6-10-22-39(33)46-44(47-42)29-25-26-36-34(27-29)30-15-5-8-19-35(30)45(36)37-20-9-12-24-41(37)48-40-23-11-7-16-31(40)32-18-13-21-38(45)43(32)48/h3-27H,1-2H3/b14-3-,28-4+. The van der Waals surface area contributed by atoms with E-state index in [9.17, 15) is 0 Å². The Hall–Kier alpha value is -6.06. The van der Waals surface area contributed by atoms with E-state index in [1.807, 2.05) is 6.92 Å². The summed E-state index contributed by atoms with van der Waals surface area (Å²) in [6.07, 6.45) is 6.32. The fraction of sp³-hybridized carbons (Fsp3) is 0.0667. The molecule has 1 atom stereocenters. The Labute approximate surface area is 279 Å². The van der Waals surface area contributed by atoms with Crippen LogP contribution in [0.5, 0.6) is 0 Å². The molecule has 2 aromatic heterocycles. The highest BCUT2D eigenvalue weighted by Gasteiger charge is 2.50. The predicted molar refractivity (Wildman–Crippen MR) is 199 cm³/mol. The molecule has 3 nitrogen and oxygen atoms in total. The van der Waals surface area contributed by atoms with Crippen LogP contribution in [-0.2, 0) is 5.41 Å². The third kappa shape index (κ3) is 3.38. The van der Waals surface area contributed by atoms with Crippen molar-refractivity contribution in [2.45, 2.75) is 19.3 Å². The van der Waals surface area contributed by atoms with Gasteiger partial charge in [0.05, 0.1) is 33.3 Å². The molecule has 226 valence electrons. The topological polar surface area (TPSA) is 30.7 Å². The number of para-hydroxylation sites is 4. The predicted octanol–water partition coefficient (Wildman–Crippen LogP) is 11.0. The SMILES string of the molecule is C/C=C\C(=C/C)c1nc(-c2ccc3c(c2)-c2ccccc2C32c3ccccc3-n3c4ccccc4c4cccc2c43)nc2ccccc12. The van der Waals surface area contributed by atoms with Crippen molar-refractivity contribution in [3.8, 4) is 28.2 Å². The molecule has 0 amide bonds. The van der Waals surface area contributed by atoms with Gasteiger partial charge in [-0.25, -0.2) is 9.97 Å². The number of benzene rings is 6. The summed E-state index contributed by atoms with van der Waals surface area (Å²) in [4.78, 5) is 10.4. The first kappa shape index (κ1) is 27.1. The summed E-state index contributed by atoms with van der Waals surface area (Å²) in [5, 5.41) is 3.63. The molecule has 1 aliphatic heterocycles. The van der Waals surface area contributed by atoms with Gasteiger partial charge in [-0.3, -0.25) is 0 Å². The van der Waals surface area contributed by atoms with Crippen LogP contribution < -0.4 is 0 Å². The maximum atomic E-state index is 5.23. The molecular formula is C45H31N3. The van der Waals surface area contributed by atoms with E-state index in [2.05, 4.69) is 163 Å². The molecule has 0 saturated carbocycles. The van der Waals surface area contributed by atoms with Crippen LogP contribution >= 0.6 is 0 Å². The highest BCUT2D eigenvalue weighted by atomic mass is 15.0. The van der Waals surface area contributed by atoms with Gasteiger partial charge in [0.15, 0.2) is 5.82 Å². The van der Waals surface area contributed by atoms with Crippen LogP contribution in [0, 0.1) is 0 Å². The fourth-order valence-electron chi connectivity index (χ4n) is 8.62. The summed E-state index contributed by atoms with van der Waals surface area (Å²) in [6.45, 7) is 4.12. The van der Waals surface area contributed by atoms with Crippen molar-refractivity contribution in [1.82, 2.24) is 14.5 Å². The molecule has 48 heavy (non-hydrogen) atoms. The van der Waals surface area contributed by atoms with Gasteiger partial charge in [-0.2, -0.15) is 0 Å². The van der Waals surface area contributed by atoms with Crippen LogP contribution in [0.25, 0.3) is 66.5 Å². The van der Waals surface area contributed by atoms with Gasteiger partial charge >= 0.3 is 0 Å². The molecule has 0 radical (unpaired) electrons. The van der Waals surface area contributed by atoms with E-state index in [1.165, 1.54) is 60.9 Å². The van der Waals surface area contributed by atoms with E-state index in [1.54, 1.807) is 0 Å². The van der Waals surface area contributed by atoms with Gasteiger partial charge < -0.3 is 4.57 Å². The lowest BCUT2D eigenvalue weighted by Crippen LogP contribution is -2.33. The Bertz CT molecular complexity index is 2710. The zero-order valence-electron chi connectivity index (χ0n) is 26.8. The molecule has 1 spiro atoms.